The van der Waals surface area contributed by atoms with Gasteiger partial charge in [0.2, 0.25) is 0 Å². The molecule has 0 bridgehead atoms. The minimum Gasteiger partial charge on any atom is -0.350 e. The van der Waals surface area contributed by atoms with E-state index in [1.165, 1.54) is 0 Å². The lowest BCUT2D eigenvalue weighted by molar-refractivity contribution is -0.301. The van der Waals surface area contributed by atoms with Crippen molar-refractivity contribution in [3.8, 4) is 0 Å². The van der Waals surface area contributed by atoms with Crippen LogP contribution in [-0.2, 0) is 9.47 Å². The number of carbonyl (C=O) groups is 1. The number of H-pyrrole nitrogens is 1. The first-order chi connectivity index (χ1) is 10.5. The molecular weight excluding hydrogens is 282 g/mol. The van der Waals surface area contributed by atoms with Crippen molar-refractivity contribution < 1.29 is 14.3 Å². The predicted octanol–water partition coefficient (Wildman–Crippen LogP) is 1.79. The molecule has 2 aliphatic heterocycles. The topological polar surface area (TPSA) is 67.5 Å². The van der Waals surface area contributed by atoms with Gasteiger partial charge < -0.3 is 19.4 Å². The van der Waals surface area contributed by atoms with Gasteiger partial charge in [0, 0.05) is 18.7 Å². The van der Waals surface area contributed by atoms with Crippen molar-refractivity contribution in [1.82, 2.24) is 14.9 Å². The van der Waals surface area contributed by atoms with Gasteiger partial charge in [-0.05, 0) is 32.0 Å². The molecule has 0 radical (unpaired) electrons. The normalized spacial score (nSPS) is 22.7. The molecule has 116 valence electrons. The highest BCUT2D eigenvalue weighted by molar-refractivity contribution is 5.97. The van der Waals surface area contributed by atoms with Crippen molar-refractivity contribution in [3.05, 3.63) is 30.1 Å². The number of imidazole rings is 1. The van der Waals surface area contributed by atoms with Crippen molar-refractivity contribution in [3.63, 3.8) is 0 Å². The third-order valence-electron chi connectivity index (χ3n) is 4.46. The maximum absolute atomic E-state index is 12.6. The zero-order chi connectivity index (χ0) is 15.4. The number of aromatic amines is 1. The molecule has 1 aromatic carbocycles. The Bertz CT molecular complexity index is 719. The third kappa shape index (κ3) is 2.19. The molecule has 0 atom stereocenters. The fourth-order valence-electron chi connectivity index (χ4n) is 3.08. The molecule has 3 heterocycles. The Kier molecular flexibility index (Phi) is 2.83. The molecule has 1 aromatic heterocycles. The number of amides is 1. The van der Waals surface area contributed by atoms with Crippen LogP contribution in [0.15, 0.2) is 24.5 Å². The lowest BCUT2D eigenvalue weighted by Gasteiger charge is -2.54. The highest BCUT2D eigenvalue weighted by Gasteiger charge is 2.50. The van der Waals surface area contributed by atoms with E-state index in [1.54, 1.807) is 6.33 Å². The Morgan fingerprint density at radius 3 is 2.73 bits per heavy atom. The second kappa shape index (κ2) is 4.54. The Hall–Kier alpha value is -1.92. The van der Waals surface area contributed by atoms with E-state index in [-0.39, 0.29) is 11.3 Å². The average molecular weight is 301 g/mol. The number of aromatic nitrogens is 2. The summed E-state index contributed by atoms with van der Waals surface area (Å²) in [4.78, 5) is 21.6. The van der Waals surface area contributed by atoms with E-state index in [1.807, 2.05) is 36.9 Å². The fraction of sp³-hybridized carbons (Fsp3) is 0.500. The van der Waals surface area contributed by atoms with Crippen molar-refractivity contribution in [1.29, 1.82) is 0 Å². The first kappa shape index (κ1) is 13.7. The van der Waals surface area contributed by atoms with Gasteiger partial charge >= 0.3 is 0 Å². The van der Waals surface area contributed by atoms with Gasteiger partial charge in [-0.15, -0.1) is 0 Å². The molecule has 1 N–H and O–H groups in total. The van der Waals surface area contributed by atoms with Crippen molar-refractivity contribution in [2.45, 2.75) is 19.6 Å². The minimum atomic E-state index is -0.513. The number of hydrogen-bond acceptors (Lipinski definition) is 4. The van der Waals surface area contributed by atoms with E-state index < -0.39 is 5.79 Å². The van der Waals surface area contributed by atoms with E-state index >= 15 is 0 Å². The maximum atomic E-state index is 12.6. The molecule has 1 amide bonds. The van der Waals surface area contributed by atoms with Crippen LogP contribution in [0.4, 0.5) is 0 Å². The number of ether oxygens (including phenoxy) is 2. The monoisotopic (exact) mass is 301 g/mol. The zero-order valence-corrected chi connectivity index (χ0v) is 12.8. The second-order valence-electron chi connectivity index (χ2n) is 6.77. The van der Waals surface area contributed by atoms with Crippen LogP contribution in [0.2, 0.25) is 0 Å². The molecule has 0 aliphatic carbocycles. The van der Waals surface area contributed by atoms with E-state index in [0.29, 0.717) is 31.9 Å². The summed E-state index contributed by atoms with van der Waals surface area (Å²) < 4.78 is 11.5. The Morgan fingerprint density at radius 1 is 1.27 bits per heavy atom. The SMILES string of the molecule is CC1(C)OCC2(CO1)CN(C(=O)c1ccc3nc[nH]c3c1)C2. The molecule has 2 aliphatic rings. The molecule has 1 spiro atoms. The minimum absolute atomic E-state index is 0.0384. The van der Waals surface area contributed by atoms with Crippen molar-refractivity contribution in [2.24, 2.45) is 5.41 Å². The van der Waals surface area contributed by atoms with Crippen molar-refractivity contribution >= 4 is 16.9 Å². The predicted molar refractivity (Wildman–Crippen MR) is 80.4 cm³/mol. The first-order valence-corrected chi connectivity index (χ1v) is 7.47. The molecule has 2 fully saturated rings. The largest absolute Gasteiger partial charge is 0.350 e. The number of nitrogens with zero attached hydrogens (tertiary/aromatic N) is 2. The number of rotatable bonds is 1. The summed E-state index contributed by atoms with van der Waals surface area (Å²) in [5, 5.41) is 0. The molecular formula is C16H19N3O3. The van der Waals surface area contributed by atoms with Gasteiger partial charge in [-0.25, -0.2) is 4.98 Å². The lowest BCUT2D eigenvalue weighted by atomic mass is 9.80. The standard InChI is InChI=1S/C16H19N3O3/c1-15(2)21-8-16(9-22-15)6-19(7-16)14(20)11-3-4-12-13(5-11)18-10-17-12/h3-5,10H,6-9H2,1-2H3,(H,17,18). The van der Waals surface area contributed by atoms with E-state index in [2.05, 4.69) is 9.97 Å². The Morgan fingerprint density at radius 2 is 2.00 bits per heavy atom. The van der Waals surface area contributed by atoms with E-state index in [4.69, 9.17) is 9.47 Å². The number of carbonyl (C=O) groups excluding carboxylic acids is 1. The quantitative estimate of drug-likeness (QED) is 0.872. The van der Waals surface area contributed by atoms with Gasteiger partial charge in [0.25, 0.3) is 5.91 Å². The molecule has 22 heavy (non-hydrogen) atoms. The molecule has 0 unspecified atom stereocenters. The third-order valence-corrected chi connectivity index (χ3v) is 4.46. The van der Waals surface area contributed by atoms with E-state index in [0.717, 1.165) is 11.0 Å². The summed E-state index contributed by atoms with van der Waals surface area (Å²) in [6, 6.07) is 5.55. The average Bonchev–Trinajstić information content (AvgIpc) is 2.92. The van der Waals surface area contributed by atoms with Gasteiger partial charge in [0.15, 0.2) is 5.79 Å². The van der Waals surface area contributed by atoms with Gasteiger partial charge in [-0.3, -0.25) is 4.79 Å². The van der Waals surface area contributed by atoms with Crippen LogP contribution >= 0.6 is 0 Å². The molecule has 4 rings (SSSR count). The summed E-state index contributed by atoms with van der Waals surface area (Å²) in [5.41, 5.74) is 2.40. The molecule has 2 saturated heterocycles. The highest BCUT2D eigenvalue weighted by Crippen LogP contribution is 2.38. The zero-order valence-electron chi connectivity index (χ0n) is 12.8. The Balaban J connectivity index is 1.45. The van der Waals surface area contributed by atoms with Crippen LogP contribution in [0.3, 0.4) is 0 Å². The number of benzene rings is 1. The number of hydrogen-bond donors (Lipinski definition) is 1. The first-order valence-electron chi connectivity index (χ1n) is 7.47. The van der Waals surface area contributed by atoms with Crippen LogP contribution in [-0.4, -0.2) is 52.9 Å². The molecule has 0 saturated carbocycles. The number of likely N-dealkylation sites (tertiary alicyclic amines) is 1. The summed E-state index contributed by atoms with van der Waals surface area (Å²) in [6.07, 6.45) is 1.63. The number of fused-ring (bicyclic) bond motifs is 1. The fourth-order valence-corrected chi connectivity index (χ4v) is 3.08. The smallest absolute Gasteiger partial charge is 0.253 e. The van der Waals surface area contributed by atoms with E-state index in [9.17, 15) is 4.79 Å². The molecule has 6 nitrogen and oxygen atoms in total. The van der Waals surface area contributed by atoms with Crippen LogP contribution in [0, 0.1) is 5.41 Å². The van der Waals surface area contributed by atoms with Crippen LogP contribution in [0.1, 0.15) is 24.2 Å². The summed E-state index contributed by atoms with van der Waals surface area (Å²) in [7, 11) is 0. The maximum Gasteiger partial charge on any atom is 0.253 e. The Labute approximate surface area is 128 Å². The lowest BCUT2D eigenvalue weighted by Crippen LogP contribution is -2.65. The summed E-state index contributed by atoms with van der Waals surface area (Å²) >= 11 is 0. The molecule has 6 heteroatoms. The van der Waals surface area contributed by atoms with Crippen LogP contribution in [0.25, 0.3) is 11.0 Å². The number of nitrogens with one attached hydrogen (secondary N) is 1. The molecule has 2 aromatic rings. The van der Waals surface area contributed by atoms with Gasteiger partial charge in [-0.2, -0.15) is 0 Å². The van der Waals surface area contributed by atoms with Crippen molar-refractivity contribution in [2.75, 3.05) is 26.3 Å². The van der Waals surface area contributed by atoms with Gasteiger partial charge in [-0.1, -0.05) is 0 Å². The highest BCUT2D eigenvalue weighted by atomic mass is 16.7. The summed E-state index contributed by atoms with van der Waals surface area (Å²) in [6.45, 7) is 6.49. The van der Waals surface area contributed by atoms with Crippen LogP contribution in [0.5, 0.6) is 0 Å². The van der Waals surface area contributed by atoms with Crippen LogP contribution < -0.4 is 0 Å². The summed E-state index contributed by atoms with van der Waals surface area (Å²) in [5.74, 6) is -0.464. The van der Waals surface area contributed by atoms with Gasteiger partial charge in [0.1, 0.15) is 0 Å². The van der Waals surface area contributed by atoms with Gasteiger partial charge in [0.05, 0.1) is 36.0 Å². The second-order valence-corrected chi connectivity index (χ2v) is 6.77.